The van der Waals surface area contributed by atoms with Crippen LogP contribution in [0.2, 0.25) is 0 Å². The number of methoxy groups -OCH3 is 1. The quantitative estimate of drug-likeness (QED) is 0.504. The van der Waals surface area contributed by atoms with E-state index >= 15 is 0 Å². The van der Waals surface area contributed by atoms with Crippen LogP contribution in [0.5, 0.6) is 5.75 Å². The maximum atomic E-state index is 13.4. The number of anilines is 1. The number of carbonyl (C=O) groups excluding carboxylic acids is 1. The van der Waals surface area contributed by atoms with E-state index in [4.69, 9.17) is 4.74 Å². The molecule has 180 valence electrons. The first-order valence-corrected chi connectivity index (χ1v) is 13.1. The van der Waals surface area contributed by atoms with Gasteiger partial charge in [0.1, 0.15) is 12.3 Å². The molecule has 7 nitrogen and oxygen atoms in total. The number of rotatable bonds is 11. The summed E-state index contributed by atoms with van der Waals surface area (Å²) in [5.74, 6) is 0.191. The smallest absolute Gasteiger partial charge is 0.264 e. The predicted molar refractivity (Wildman–Crippen MR) is 131 cm³/mol. The highest BCUT2D eigenvalue weighted by Gasteiger charge is 2.27. The molecule has 33 heavy (non-hydrogen) atoms. The monoisotopic (exact) mass is 473 g/mol. The Bertz CT molecular complexity index is 998. The Morgan fingerprint density at radius 1 is 1.15 bits per heavy atom. The molecule has 1 fully saturated rings. The Kier molecular flexibility index (Phi) is 9.14. The van der Waals surface area contributed by atoms with Crippen molar-refractivity contribution in [3.8, 4) is 5.75 Å². The van der Waals surface area contributed by atoms with Crippen molar-refractivity contribution in [3.63, 3.8) is 0 Å². The van der Waals surface area contributed by atoms with E-state index in [1.807, 2.05) is 0 Å². The van der Waals surface area contributed by atoms with Crippen molar-refractivity contribution in [2.75, 3.05) is 37.6 Å². The summed E-state index contributed by atoms with van der Waals surface area (Å²) in [4.78, 5) is 15.4. The fraction of sp³-hybridized carbons (Fsp3) is 0.480. The zero-order chi connectivity index (χ0) is 23.7. The van der Waals surface area contributed by atoms with Crippen molar-refractivity contribution in [2.24, 2.45) is 0 Å². The minimum atomic E-state index is -3.92. The molecule has 1 aliphatic rings. The van der Waals surface area contributed by atoms with E-state index in [0.717, 1.165) is 30.2 Å². The van der Waals surface area contributed by atoms with Crippen molar-refractivity contribution >= 4 is 21.6 Å². The molecule has 1 amide bonds. The topological polar surface area (TPSA) is 79.0 Å². The lowest BCUT2D eigenvalue weighted by Crippen LogP contribution is -2.43. The fourth-order valence-corrected chi connectivity index (χ4v) is 5.75. The van der Waals surface area contributed by atoms with Crippen molar-refractivity contribution in [1.82, 2.24) is 10.2 Å². The van der Waals surface area contributed by atoms with E-state index in [1.165, 1.54) is 38.5 Å². The lowest BCUT2D eigenvalue weighted by atomic mass is 10.00. The zero-order valence-electron chi connectivity index (χ0n) is 19.6. The summed E-state index contributed by atoms with van der Waals surface area (Å²) in [6, 6.07) is 15.5. The summed E-state index contributed by atoms with van der Waals surface area (Å²) in [6.45, 7) is 4.51. The van der Waals surface area contributed by atoms with Gasteiger partial charge in [-0.3, -0.25) is 9.10 Å². The van der Waals surface area contributed by atoms with Crippen LogP contribution in [0.15, 0.2) is 59.5 Å². The van der Waals surface area contributed by atoms with Crippen molar-refractivity contribution < 1.29 is 17.9 Å². The molecule has 0 saturated carbocycles. The van der Waals surface area contributed by atoms with Crippen LogP contribution in [-0.2, 0) is 14.8 Å². The number of piperidine rings is 1. The molecule has 0 aromatic heterocycles. The number of benzene rings is 2. The number of sulfonamides is 1. The van der Waals surface area contributed by atoms with Gasteiger partial charge in [0.15, 0.2) is 0 Å². The molecular formula is C25H35N3O4S. The molecule has 0 bridgehead atoms. The minimum Gasteiger partial charge on any atom is -0.497 e. The third-order valence-electron chi connectivity index (χ3n) is 6.12. The van der Waals surface area contributed by atoms with E-state index < -0.39 is 10.0 Å². The second-order valence-electron chi connectivity index (χ2n) is 8.32. The number of nitrogens with zero attached hydrogens (tertiary/aromatic N) is 2. The second-order valence-corrected chi connectivity index (χ2v) is 10.2. The Hall–Kier alpha value is -2.58. The predicted octanol–water partition coefficient (Wildman–Crippen LogP) is 3.66. The summed E-state index contributed by atoms with van der Waals surface area (Å²) < 4.78 is 33.1. The molecule has 0 radical (unpaired) electrons. The van der Waals surface area contributed by atoms with Gasteiger partial charge in [0.2, 0.25) is 5.91 Å². The van der Waals surface area contributed by atoms with Crippen LogP contribution in [0.25, 0.3) is 0 Å². The Morgan fingerprint density at radius 3 is 2.67 bits per heavy atom. The van der Waals surface area contributed by atoms with Crippen LogP contribution >= 0.6 is 0 Å². The third kappa shape index (κ3) is 6.71. The van der Waals surface area contributed by atoms with Crippen molar-refractivity contribution in [1.29, 1.82) is 0 Å². The molecule has 1 atom stereocenters. The van der Waals surface area contributed by atoms with Crippen LogP contribution in [-0.4, -0.2) is 58.6 Å². The van der Waals surface area contributed by atoms with Gasteiger partial charge in [0, 0.05) is 25.2 Å². The number of hydrogen-bond donors (Lipinski definition) is 1. The Labute approximate surface area is 197 Å². The third-order valence-corrected chi connectivity index (χ3v) is 7.91. The maximum absolute atomic E-state index is 13.4. The minimum absolute atomic E-state index is 0.135. The average molecular weight is 474 g/mol. The molecule has 8 heteroatoms. The number of likely N-dealkylation sites (tertiary alicyclic amines) is 1. The fourth-order valence-electron chi connectivity index (χ4n) is 4.31. The summed E-state index contributed by atoms with van der Waals surface area (Å²) in [5, 5.41) is 2.90. The molecule has 0 aliphatic carbocycles. The van der Waals surface area contributed by atoms with Gasteiger partial charge in [-0.25, -0.2) is 8.42 Å². The summed E-state index contributed by atoms with van der Waals surface area (Å²) in [6.07, 6.45) is 5.76. The van der Waals surface area contributed by atoms with Crippen LogP contribution in [0.3, 0.4) is 0 Å². The van der Waals surface area contributed by atoms with Crippen LogP contribution in [0, 0.1) is 0 Å². The highest BCUT2D eigenvalue weighted by molar-refractivity contribution is 7.92. The number of nitrogens with one attached hydrogen (secondary N) is 1. The molecular weight excluding hydrogens is 438 g/mol. The molecule has 1 saturated heterocycles. The van der Waals surface area contributed by atoms with Crippen LogP contribution in [0.4, 0.5) is 5.69 Å². The zero-order valence-corrected chi connectivity index (χ0v) is 20.4. The second kappa shape index (κ2) is 12.0. The average Bonchev–Trinajstić information content (AvgIpc) is 2.85. The van der Waals surface area contributed by atoms with Gasteiger partial charge in [0.25, 0.3) is 10.0 Å². The molecule has 0 spiro atoms. The van der Waals surface area contributed by atoms with Gasteiger partial charge in [0.05, 0.1) is 17.7 Å². The molecule has 2 aromatic rings. The number of carbonyl (C=O) groups is 1. The number of hydrogen-bond acceptors (Lipinski definition) is 5. The largest absolute Gasteiger partial charge is 0.497 e. The number of ether oxygens (including phenoxy) is 1. The van der Waals surface area contributed by atoms with E-state index in [0.29, 0.717) is 24.0 Å². The highest BCUT2D eigenvalue weighted by Crippen LogP contribution is 2.26. The van der Waals surface area contributed by atoms with Crippen LogP contribution in [0.1, 0.15) is 39.0 Å². The van der Waals surface area contributed by atoms with Gasteiger partial charge >= 0.3 is 0 Å². The SMILES string of the molecule is CCC1CCCCN1CCCNC(=O)CN(c1cccc(OC)c1)S(=O)(=O)c1ccccc1. The van der Waals surface area contributed by atoms with Crippen molar-refractivity contribution in [2.45, 2.75) is 50.0 Å². The van der Waals surface area contributed by atoms with E-state index in [2.05, 4.69) is 17.1 Å². The summed E-state index contributed by atoms with van der Waals surface area (Å²) in [7, 11) is -2.40. The normalized spacial score (nSPS) is 16.8. The molecule has 1 heterocycles. The standard InChI is InChI=1S/C25H35N3O4S/c1-3-21-11-7-8-17-27(21)18-10-16-26-25(29)20-28(22-12-9-13-23(19-22)32-2)33(30,31)24-14-5-4-6-15-24/h4-6,9,12-15,19,21H,3,7-8,10-11,16-18,20H2,1-2H3,(H,26,29). The van der Waals surface area contributed by atoms with E-state index in [9.17, 15) is 13.2 Å². The lowest BCUT2D eigenvalue weighted by molar-refractivity contribution is -0.119. The molecule has 1 aliphatic heterocycles. The molecule has 1 unspecified atom stereocenters. The molecule has 1 N–H and O–H groups in total. The molecule has 2 aromatic carbocycles. The summed E-state index contributed by atoms with van der Waals surface area (Å²) in [5.41, 5.74) is 0.382. The first kappa shape index (κ1) is 25.1. The van der Waals surface area contributed by atoms with Gasteiger partial charge in [-0.1, -0.05) is 37.6 Å². The lowest BCUT2D eigenvalue weighted by Gasteiger charge is -2.35. The van der Waals surface area contributed by atoms with Gasteiger partial charge < -0.3 is 15.0 Å². The van der Waals surface area contributed by atoms with Crippen molar-refractivity contribution in [3.05, 3.63) is 54.6 Å². The maximum Gasteiger partial charge on any atom is 0.264 e. The molecule has 3 rings (SSSR count). The first-order valence-electron chi connectivity index (χ1n) is 11.7. The first-order chi connectivity index (χ1) is 16.0. The Balaban J connectivity index is 1.66. The van der Waals surface area contributed by atoms with Gasteiger partial charge in [-0.05, 0) is 56.5 Å². The van der Waals surface area contributed by atoms with E-state index in [-0.39, 0.29) is 17.3 Å². The Morgan fingerprint density at radius 2 is 1.94 bits per heavy atom. The van der Waals surface area contributed by atoms with Crippen LogP contribution < -0.4 is 14.4 Å². The summed E-state index contributed by atoms with van der Waals surface area (Å²) >= 11 is 0. The van der Waals surface area contributed by atoms with Gasteiger partial charge in [-0.2, -0.15) is 0 Å². The number of amides is 1. The highest BCUT2D eigenvalue weighted by atomic mass is 32.2. The van der Waals surface area contributed by atoms with E-state index in [1.54, 1.807) is 42.5 Å². The van der Waals surface area contributed by atoms with Gasteiger partial charge in [-0.15, -0.1) is 0 Å².